The summed E-state index contributed by atoms with van der Waals surface area (Å²) in [6, 6.07) is 8.64. The third-order valence-corrected chi connectivity index (χ3v) is 1.79. The van der Waals surface area contributed by atoms with Crippen molar-refractivity contribution in [1.29, 1.82) is 0 Å². The largest absolute Gasteiger partial charge is 0.0648 e. The Labute approximate surface area is 75.6 Å². The molecule has 0 aliphatic rings. The van der Waals surface area contributed by atoms with Gasteiger partial charge >= 0.3 is 0 Å². The molecule has 1 rings (SSSR count). The summed E-state index contributed by atoms with van der Waals surface area (Å²) in [7, 11) is 0. The summed E-state index contributed by atoms with van der Waals surface area (Å²) >= 11 is 0. The second-order valence-corrected chi connectivity index (χ2v) is 2.89. The van der Waals surface area contributed by atoms with Gasteiger partial charge in [0.1, 0.15) is 0 Å². The molecule has 2 radical (unpaired) electrons. The van der Waals surface area contributed by atoms with Crippen LogP contribution in [0.2, 0.25) is 0 Å². The van der Waals surface area contributed by atoms with E-state index in [9.17, 15) is 0 Å². The van der Waals surface area contributed by atoms with Crippen molar-refractivity contribution in [2.24, 2.45) is 0 Å². The van der Waals surface area contributed by atoms with Gasteiger partial charge in [0.05, 0.1) is 0 Å². The molecule has 0 unspecified atom stereocenters. The molecular weight excluding hydrogens is 144 g/mol. The molecule has 0 saturated heterocycles. The number of rotatable bonds is 4. The Morgan fingerprint density at radius 2 is 1.50 bits per heavy atom. The summed E-state index contributed by atoms with van der Waals surface area (Å²) in [6.45, 7) is 4.33. The molecule has 0 spiro atoms. The molecule has 0 aromatic heterocycles. The maximum atomic E-state index is 2.24. The third kappa shape index (κ3) is 2.69. The van der Waals surface area contributed by atoms with Gasteiger partial charge in [-0.25, -0.2) is 0 Å². The summed E-state index contributed by atoms with van der Waals surface area (Å²) in [4.78, 5) is 0. The SMILES string of the molecule is CC[CH]c1cccc([CH]CC)c1. The Morgan fingerprint density at radius 3 is 1.92 bits per heavy atom. The molecule has 0 amide bonds. The molecule has 1 aromatic carbocycles. The van der Waals surface area contributed by atoms with Crippen LogP contribution in [0.1, 0.15) is 37.8 Å². The third-order valence-electron chi connectivity index (χ3n) is 1.79. The van der Waals surface area contributed by atoms with E-state index in [1.54, 1.807) is 0 Å². The Balaban J connectivity index is 2.67. The highest BCUT2D eigenvalue weighted by Gasteiger charge is 1.94. The van der Waals surface area contributed by atoms with Gasteiger partial charge in [-0.15, -0.1) is 0 Å². The van der Waals surface area contributed by atoms with Gasteiger partial charge in [-0.2, -0.15) is 0 Å². The molecule has 0 heterocycles. The van der Waals surface area contributed by atoms with E-state index >= 15 is 0 Å². The van der Waals surface area contributed by atoms with Gasteiger partial charge in [0, 0.05) is 0 Å². The lowest BCUT2D eigenvalue weighted by Gasteiger charge is -2.01. The van der Waals surface area contributed by atoms with E-state index in [-0.39, 0.29) is 0 Å². The zero-order chi connectivity index (χ0) is 8.81. The van der Waals surface area contributed by atoms with E-state index in [4.69, 9.17) is 0 Å². The maximum absolute atomic E-state index is 2.24. The highest BCUT2D eigenvalue weighted by molar-refractivity contribution is 5.32. The van der Waals surface area contributed by atoms with Crippen molar-refractivity contribution in [3.63, 3.8) is 0 Å². The van der Waals surface area contributed by atoms with Crippen LogP contribution >= 0.6 is 0 Å². The predicted molar refractivity (Wildman–Crippen MR) is 53.8 cm³/mol. The van der Waals surface area contributed by atoms with E-state index in [2.05, 4.69) is 51.0 Å². The van der Waals surface area contributed by atoms with Crippen LogP contribution in [-0.4, -0.2) is 0 Å². The maximum Gasteiger partial charge on any atom is -0.00957 e. The number of hydrogen-bond donors (Lipinski definition) is 0. The molecule has 0 atom stereocenters. The van der Waals surface area contributed by atoms with E-state index in [0.717, 1.165) is 12.8 Å². The van der Waals surface area contributed by atoms with E-state index in [1.807, 2.05) is 0 Å². The van der Waals surface area contributed by atoms with E-state index < -0.39 is 0 Å². The summed E-state index contributed by atoms with van der Waals surface area (Å²) < 4.78 is 0. The quantitative estimate of drug-likeness (QED) is 0.631. The second kappa shape index (κ2) is 4.97. The van der Waals surface area contributed by atoms with Gasteiger partial charge in [-0.3, -0.25) is 0 Å². The molecule has 0 heteroatoms. The van der Waals surface area contributed by atoms with Crippen molar-refractivity contribution in [3.8, 4) is 0 Å². The Bertz CT molecular complexity index is 204. The molecule has 0 nitrogen and oxygen atoms in total. The molecule has 0 saturated carbocycles. The lowest BCUT2D eigenvalue weighted by atomic mass is 10.0. The molecule has 0 N–H and O–H groups in total. The minimum absolute atomic E-state index is 1.11. The van der Waals surface area contributed by atoms with Crippen LogP contribution in [0.5, 0.6) is 0 Å². The van der Waals surface area contributed by atoms with Gasteiger partial charge in [0.2, 0.25) is 0 Å². The first kappa shape index (κ1) is 9.31. The zero-order valence-electron chi connectivity index (χ0n) is 7.88. The molecule has 0 bridgehead atoms. The fourth-order valence-electron chi connectivity index (χ4n) is 1.28. The minimum atomic E-state index is 1.11. The van der Waals surface area contributed by atoms with Crippen molar-refractivity contribution < 1.29 is 0 Å². The van der Waals surface area contributed by atoms with Crippen molar-refractivity contribution in [1.82, 2.24) is 0 Å². The Hall–Kier alpha value is -0.780. The van der Waals surface area contributed by atoms with Crippen LogP contribution in [0, 0.1) is 12.8 Å². The zero-order valence-corrected chi connectivity index (χ0v) is 7.88. The van der Waals surface area contributed by atoms with Crippen molar-refractivity contribution in [2.75, 3.05) is 0 Å². The van der Waals surface area contributed by atoms with E-state index in [0.29, 0.717) is 0 Å². The standard InChI is InChI=1S/C12H16/c1-3-6-11-8-5-9-12(10-11)7-4-2/h5-10H,3-4H2,1-2H3. The Kier molecular flexibility index (Phi) is 3.86. The Morgan fingerprint density at radius 1 is 1.00 bits per heavy atom. The van der Waals surface area contributed by atoms with Crippen molar-refractivity contribution in [2.45, 2.75) is 26.7 Å². The minimum Gasteiger partial charge on any atom is -0.0648 e. The average Bonchev–Trinajstić information content (AvgIpc) is 2.06. The lowest BCUT2D eigenvalue weighted by molar-refractivity contribution is 1.10. The van der Waals surface area contributed by atoms with Crippen molar-refractivity contribution >= 4 is 0 Å². The average molecular weight is 160 g/mol. The van der Waals surface area contributed by atoms with Gasteiger partial charge in [-0.1, -0.05) is 38.1 Å². The fourth-order valence-corrected chi connectivity index (χ4v) is 1.28. The van der Waals surface area contributed by atoms with Crippen molar-refractivity contribution in [3.05, 3.63) is 48.2 Å². The summed E-state index contributed by atoms with van der Waals surface area (Å²) in [6.07, 6.45) is 6.70. The lowest BCUT2D eigenvalue weighted by Crippen LogP contribution is -1.84. The smallest absolute Gasteiger partial charge is 0.00957 e. The monoisotopic (exact) mass is 160 g/mol. The first-order valence-electron chi connectivity index (χ1n) is 4.63. The highest BCUT2D eigenvalue weighted by atomic mass is 14.0. The van der Waals surface area contributed by atoms with Crippen LogP contribution < -0.4 is 0 Å². The van der Waals surface area contributed by atoms with Gasteiger partial charge in [0.25, 0.3) is 0 Å². The molecule has 0 aliphatic carbocycles. The predicted octanol–water partition coefficient (Wildman–Crippen LogP) is 3.61. The van der Waals surface area contributed by atoms with E-state index in [1.165, 1.54) is 11.1 Å². The molecular formula is C12H16. The molecule has 1 aromatic rings. The highest BCUT2D eigenvalue weighted by Crippen LogP contribution is 2.11. The summed E-state index contributed by atoms with van der Waals surface area (Å²) in [5, 5.41) is 0. The number of benzene rings is 1. The fraction of sp³-hybridized carbons (Fsp3) is 0.333. The summed E-state index contributed by atoms with van der Waals surface area (Å²) in [5.74, 6) is 0. The van der Waals surface area contributed by atoms with Crippen LogP contribution in [0.15, 0.2) is 24.3 Å². The van der Waals surface area contributed by atoms with Gasteiger partial charge < -0.3 is 0 Å². The topological polar surface area (TPSA) is 0 Å². The normalized spacial score (nSPS) is 10.2. The van der Waals surface area contributed by atoms with Crippen LogP contribution in [-0.2, 0) is 0 Å². The van der Waals surface area contributed by atoms with Crippen LogP contribution in [0.4, 0.5) is 0 Å². The van der Waals surface area contributed by atoms with Crippen LogP contribution in [0.3, 0.4) is 0 Å². The van der Waals surface area contributed by atoms with Gasteiger partial charge in [-0.05, 0) is 36.8 Å². The molecule has 64 valence electrons. The molecule has 0 fully saturated rings. The first-order valence-corrected chi connectivity index (χ1v) is 4.63. The van der Waals surface area contributed by atoms with Crippen LogP contribution in [0.25, 0.3) is 0 Å². The second-order valence-electron chi connectivity index (χ2n) is 2.89. The number of hydrogen-bond acceptors (Lipinski definition) is 0. The first-order chi connectivity index (χ1) is 5.86. The van der Waals surface area contributed by atoms with Gasteiger partial charge in [0.15, 0.2) is 0 Å². The molecule has 0 aliphatic heterocycles. The summed E-state index contributed by atoms with van der Waals surface area (Å²) in [5.41, 5.74) is 2.67. The molecule has 12 heavy (non-hydrogen) atoms.